The van der Waals surface area contributed by atoms with Gasteiger partial charge in [0.1, 0.15) is 17.4 Å². The minimum atomic E-state index is -0.435. The van der Waals surface area contributed by atoms with E-state index in [-0.39, 0.29) is 11.8 Å². The van der Waals surface area contributed by atoms with E-state index in [1.54, 1.807) is 16.0 Å². The summed E-state index contributed by atoms with van der Waals surface area (Å²) in [4.78, 5) is 25.5. The van der Waals surface area contributed by atoms with Crippen LogP contribution in [0.15, 0.2) is 35.0 Å². The molecule has 118 valence electrons. The average Bonchev–Trinajstić information content (AvgIpc) is 3.22. The fourth-order valence-corrected chi connectivity index (χ4v) is 4.05. The minimum absolute atomic E-state index is 0.151. The Kier molecular flexibility index (Phi) is 3.30. The first-order valence-corrected chi connectivity index (χ1v) is 8.31. The zero-order valence-electron chi connectivity index (χ0n) is 12.5. The topological polar surface area (TPSA) is 73.2 Å². The molecule has 0 saturated carbocycles. The van der Waals surface area contributed by atoms with Gasteiger partial charge in [-0.1, -0.05) is 6.07 Å². The number of ether oxygens (including phenoxy) is 1. The molecule has 3 heterocycles. The summed E-state index contributed by atoms with van der Waals surface area (Å²) in [5.74, 6) is 0.316. The van der Waals surface area contributed by atoms with E-state index in [2.05, 4.69) is 10.4 Å². The van der Waals surface area contributed by atoms with E-state index < -0.39 is 5.97 Å². The number of ketones is 1. The predicted molar refractivity (Wildman–Crippen MR) is 85.5 cm³/mol. The monoisotopic (exact) mass is 329 g/mol. The average molecular weight is 329 g/mol. The molecule has 0 spiro atoms. The number of allylic oxidation sites excluding steroid dienone is 2. The Balaban J connectivity index is 1.91. The van der Waals surface area contributed by atoms with Gasteiger partial charge >= 0.3 is 5.97 Å². The largest absolute Gasteiger partial charge is 0.465 e. The van der Waals surface area contributed by atoms with Crippen molar-refractivity contribution < 1.29 is 14.3 Å². The maximum atomic E-state index is 12.5. The summed E-state index contributed by atoms with van der Waals surface area (Å²) in [6.45, 7) is 0. The number of hydrogen-bond acceptors (Lipinski definition) is 6. The van der Waals surface area contributed by atoms with Gasteiger partial charge in [-0.15, -0.1) is 11.3 Å². The lowest BCUT2D eigenvalue weighted by Gasteiger charge is -2.32. The second-order valence-electron chi connectivity index (χ2n) is 5.55. The van der Waals surface area contributed by atoms with Crippen LogP contribution >= 0.6 is 11.3 Å². The Labute approximate surface area is 136 Å². The molecule has 0 fully saturated rings. The maximum absolute atomic E-state index is 12.5. The molecule has 0 bridgehead atoms. The highest BCUT2D eigenvalue weighted by atomic mass is 32.1. The molecule has 2 aliphatic rings. The smallest absolute Gasteiger partial charge is 0.343 e. The molecule has 2 aromatic heterocycles. The number of rotatable bonds is 2. The molecule has 23 heavy (non-hydrogen) atoms. The van der Waals surface area contributed by atoms with Gasteiger partial charge in [-0.2, -0.15) is 5.10 Å². The first-order chi connectivity index (χ1) is 11.2. The molecule has 6 nitrogen and oxygen atoms in total. The van der Waals surface area contributed by atoms with Crippen LogP contribution < -0.4 is 5.32 Å². The number of carbonyl (C=O) groups is 2. The van der Waals surface area contributed by atoms with Crippen molar-refractivity contribution in [3.63, 3.8) is 0 Å². The first-order valence-electron chi connectivity index (χ1n) is 7.43. The van der Waals surface area contributed by atoms with Gasteiger partial charge in [0.15, 0.2) is 5.78 Å². The van der Waals surface area contributed by atoms with Gasteiger partial charge in [-0.3, -0.25) is 4.79 Å². The van der Waals surface area contributed by atoms with Crippen molar-refractivity contribution in [3.05, 3.63) is 45.4 Å². The van der Waals surface area contributed by atoms with Crippen molar-refractivity contribution in [2.45, 2.75) is 25.3 Å². The van der Waals surface area contributed by atoms with Gasteiger partial charge in [0, 0.05) is 22.6 Å². The van der Waals surface area contributed by atoms with Crippen LogP contribution in [-0.2, 0) is 9.53 Å². The summed E-state index contributed by atoms with van der Waals surface area (Å²) in [5, 5.41) is 9.59. The summed E-state index contributed by atoms with van der Waals surface area (Å²) in [7, 11) is 1.35. The number of nitrogens with zero attached hydrogens (tertiary/aromatic N) is 2. The molecular weight excluding hydrogens is 314 g/mol. The third-order valence-corrected chi connectivity index (χ3v) is 5.18. The zero-order valence-corrected chi connectivity index (χ0v) is 13.4. The van der Waals surface area contributed by atoms with Crippen molar-refractivity contribution in [1.29, 1.82) is 0 Å². The Morgan fingerprint density at radius 2 is 2.35 bits per heavy atom. The summed E-state index contributed by atoms with van der Waals surface area (Å²) in [6.07, 6.45) is 3.68. The normalized spacial score (nSPS) is 19.9. The highest BCUT2D eigenvalue weighted by Crippen LogP contribution is 2.42. The second-order valence-corrected chi connectivity index (χ2v) is 6.53. The number of carbonyl (C=O) groups excluding carboxylic acids is 2. The van der Waals surface area contributed by atoms with Crippen molar-refractivity contribution in [3.8, 4) is 0 Å². The van der Waals surface area contributed by atoms with Crippen molar-refractivity contribution in [1.82, 2.24) is 9.78 Å². The molecule has 0 aromatic carbocycles. The molecule has 0 saturated heterocycles. The van der Waals surface area contributed by atoms with E-state index in [9.17, 15) is 9.59 Å². The molecule has 7 heteroatoms. The van der Waals surface area contributed by atoms with Gasteiger partial charge < -0.3 is 10.1 Å². The number of fused-ring (bicyclic) bond motifs is 1. The van der Waals surface area contributed by atoms with E-state index in [4.69, 9.17) is 4.74 Å². The van der Waals surface area contributed by atoms with E-state index in [0.29, 0.717) is 17.8 Å². The lowest BCUT2D eigenvalue weighted by Crippen LogP contribution is -2.31. The molecule has 1 N–H and O–H groups in total. The highest BCUT2D eigenvalue weighted by molar-refractivity contribution is 7.10. The predicted octanol–water partition coefficient (Wildman–Crippen LogP) is 2.75. The molecule has 1 aliphatic heterocycles. The molecule has 0 unspecified atom stereocenters. The van der Waals surface area contributed by atoms with Gasteiger partial charge in [-0.05, 0) is 24.3 Å². The molecule has 2 aromatic rings. The standard InChI is InChI=1S/C16H15N3O3S/c1-22-16(21)9-8-17-19-14(12-6-3-7-23-12)13-10(18-15(9)19)4-2-5-11(13)20/h3,6-8,14,18H,2,4-5H2,1H3/t14-/m0/s1. The third-order valence-electron chi connectivity index (χ3n) is 4.26. The van der Waals surface area contributed by atoms with Crippen LogP contribution in [0.5, 0.6) is 0 Å². The van der Waals surface area contributed by atoms with Crippen LogP contribution in [0.2, 0.25) is 0 Å². The van der Waals surface area contributed by atoms with E-state index in [1.807, 2.05) is 17.5 Å². The zero-order chi connectivity index (χ0) is 16.0. The number of anilines is 1. The summed E-state index contributed by atoms with van der Waals surface area (Å²) < 4.78 is 6.55. The number of Topliss-reactive ketones (excluding diaryl/α,β-unsaturated/α-hetero) is 1. The van der Waals surface area contributed by atoms with Gasteiger partial charge in [0.25, 0.3) is 0 Å². The van der Waals surface area contributed by atoms with Gasteiger partial charge in [0.05, 0.1) is 13.3 Å². The number of methoxy groups -OCH3 is 1. The minimum Gasteiger partial charge on any atom is -0.465 e. The van der Waals surface area contributed by atoms with Crippen LogP contribution in [0.4, 0.5) is 5.82 Å². The number of aromatic nitrogens is 2. The van der Waals surface area contributed by atoms with Crippen LogP contribution in [-0.4, -0.2) is 28.6 Å². The molecule has 0 radical (unpaired) electrons. The van der Waals surface area contributed by atoms with E-state index in [1.165, 1.54) is 13.3 Å². The number of esters is 1. The quantitative estimate of drug-likeness (QED) is 0.858. The van der Waals surface area contributed by atoms with E-state index >= 15 is 0 Å². The van der Waals surface area contributed by atoms with Crippen molar-refractivity contribution in [2.75, 3.05) is 12.4 Å². The Morgan fingerprint density at radius 3 is 3.09 bits per heavy atom. The van der Waals surface area contributed by atoms with Crippen LogP contribution in [0.1, 0.15) is 40.5 Å². The summed E-state index contributed by atoms with van der Waals surface area (Å²) in [6, 6.07) is 3.68. The Bertz CT molecular complexity index is 820. The third kappa shape index (κ3) is 2.11. The SMILES string of the molecule is COC(=O)c1cnn2c1NC1=C(C(=O)CCC1)[C@@H]2c1cccs1. The number of thiophene rings is 1. The van der Waals surface area contributed by atoms with E-state index in [0.717, 1.165) is 29.0 Å². The summed E-state index contributed by atoms with van der Waals surface area (Å²) in [5.41, 5.74) is 2.06. The molecule has 1 aliphatic carbocycles. The van der Waals surface area contributed by atoms with Crippen LogP contribution in [0, 0.1) is 0 Å². The van der Waals surface area contributed by atoms with Crippen LogP contribution in [0.25, 0.3) is 0 Å². The van der Waals surface area contributed by atoms with Crippen molar-refractivity contribution >= 4 is 28.9 Å². The second kappa shape index (κ2) is 5.34. The lowest BCUT2D eigenvalue weighted by atomic mass is 9.88. The first kappa shape index (κ1) is 14.2. The fourth-order valence-electron chi connectivity index (χ4n) is 3.23. The van der Waals surface area contributed by atoms with Crippen LogP contribution in [0.3, 0.4) is 0 Å². The summed E-state index contributed by atoms with van der Waals surface area (Å²) >= 11 is 1.58. The molecule has 0 amide bonds. The number of nitrogens with one attached hydrogen (secondary N) is 1. The molecule has 1 atom stereocenters. The van der Waals surface area contributed by atoms with Gasteiger partial charge in [-0.25, -0.2) is 9.48 Å². The molecule has 4 rings (SSSR count). The molecular formula is C16H15N3O3S. The Morgan fingerprint density at radius 1 is 1.48 bits per heavy atom. The lowest BCUT2D eigenvalue weighted by molar-refractivity contribution is -0.116. The maximum Gasteiger partial charge on any atom is 0.343 e. The van der Waals surface area contributed by atoms with Gasteiger partial charge in [0.2, 0.25) is 0 Å². The highest BCUT2D eigenvalue weighted by Gasteiger charge is 2.38. The fraction of sp³-hybridized carbons (Fsp3) is 0.312. The Hall–Kier alpha value is -2.41. The number of hydrogen-bond donors (Lipinski definition) is 1. The van der Waals surface area contributed by atoms with Crippen molar-refractivity contribution in [2.24, 2.45) is 0 Å².